The summed E-state index contributed by atoms with van der Waals surface area (Å²) in [7, 11) is 0. The number of esters is 1. The second-order valence-corrected chi connectivity index (χ2v) is 5.35. The van der Waals surface area contributed by atoms with Crippen LogP contribution in [0, 0.1) is 6.92 Å². The van der Waals surface area contributed by atoms with E-state index in [4.69, 9.17) is 4.74 Å². The lowest BCUT2D eigenvalue weighted by molar-refractivity contribution is -0.143. The minimum atomic E-state index is -0.256. The SMILES string of the molecule is Cc1ccc(SNCC(=O)OCc2ccccc2)cc1. The zero-order valence-corrected chi connectivity index (χ0v) is 12.2. The van der Waals surface area contributed by atoms with Crippen LogP contribution in [-0.2, 0) is 16.1 Å². The van der Waals surface area contributed by atoms with E-state index in [1.165, 1.54) is 17.5 Å². The molecule has 3 nitrogen and oxygen atoms in total. The first-order valence-electron chi connectivity index (χ1n) is 6.40. The maximum Gasteiger partial charge on any atom is 0.321 e. The molecule has 0 atom stereocenters. The molecule has 0 bridgehead atoms. The molecule has 0 unspecified atom stereocenters. The second-order valence-electron chi connectivity index (χ2n) is 4.38. The Balaban J connectivity index is 1.66. The molecule has 104 valence electrons. The highest BCUT2D eigenvalue weighted by Crippen LogP contribution is 2.14. The lowest BCUT2D eigenvalue weighted by atomic mass is 10.2. The van der Waals surface area contributed by atoms with E-state index in [2.05, 4.69) is 4.72 Å². The van der Waals surface area contributed by atoms with Gasteiger partial charge in [-0.1, -0.05) is 48.0 Å². The molecule has 0 saturated heterocycles. The van der Waals surface area contributed by atoms with E-state index in [0.29, 0.717) is 6.61 Å². The number of ether oxygens (including phenoxy) is 1. The molecule has 0 aliphatic heterocycles. The Morgan fingerprint density at radius 2 is 1.80 bits per heavy atom. The molecule has 2 rings (SSSR count). The number of hydrogen-bond acceptors (Lipinski definition) is 4. The molecule has 2 aromatic carbocycles. The summed E-state index contributed by atoms with van der Waals surface area (Å²) in [5.74, 6) is -0.256. The molecule has 4 heteroatoms. The summed E-state index contributed by atoms with van der Waals surface area (Å²) in [5, 5.41) is 0. The van der Waals surface area contributed by atoms with Gasteiger partial charge in [0.05, 0.1) is 0 Å². The lowest BCUT2D eigenvalue weighted by Gasteiger charge is -2.06. The van der Waals surface area contributed by atoms with Gasteiger partial charge in [-0.25, -0.2) is 4.72 Å². The summed E-state index contributed by atoms with van der Waals surface area (Å²) >= 11 is 1.43. The van der Waals surface area contributed by atoms with E-state index >= 15 is 0 Å². The normalized spacial score (nSPS) is 10.2. The van der Waals surface area contributed by atoms with Crippen LogP contribution in [0.4, 0.5) is 0 Å². The summed E-state index contributed by atoms with van der Waals surface area (Å²) in [6.07, 6.45) is 0. The third kappa shape index (κ3) is 5.07. The maximum atomic E-state index is 11.6. The van der Waals surface area contributed by atoms with E-state index in [1.807, 2.05) is 61.5 Å². The molecule has 0 aliphatic rings. The summed E-state index contributed by atoms with van der Waals surface area (Å²) in [6.45, 7) is 2.55. The summed E-state index contributed by atoms with van der Waals surface area (Å²) in [6, 6.07) is 17.8. The molecule has 20 heavy (non-hydrogen) atoms. The van der Waals surface area contributed by atoms with E-state index in [0.717, 1.165) is 10.5 Å². The van der Waals surface area contributed by atoms with Crippen LogP contribution in [-0.4, -0.2) is 12.5 Å². The Labute approximate surface area is 123 Å². The van der Waals surface area contributed by atoms with Crippen LogP contribution in [0.1, 0.15) is 11.1 Å². The Morgan fingerprint density at radius 3 is 2.50 bits per heavy atom. The minimum absolute atomic E-state index is 0.186. The molecule has 0 aliphatic carbocycles. The van der Waals surface area contributed by atoms with E-state index in [-0.39, 0.29) is 12.5 Å². The molecule has 0 saturated carbocycles. The van der Waals surface area contributed by atoms with Gasteiger partial charge in [-0.15, -0.1) is 0 Å². The van der Waals surface area contributed by atoms with Crippen LogP contribution in [0.25, 0.3) is 0 Å². The fourth-order valence-electron chi connectivity index (χ4n) is 1.57. The third-order valence-corrected chi connectivity index (χ3v) is 3.47. The largest absolute Gasteiger partial charge is 0.460 e. The average molecular weight is 287 g/mol. The summed E-state index contributed by atoms with van der Waals surface area (Å²) < 4.78 is 8.17. The van der Waals surface area contributed by atoms with Crippen molar-refractivity contribution in [3.8, 4) is 0 Å². The van der Waals surface area contributed by atoms with E-state index in [1.54, 1.807) is 0 Å². The standard InChI is InChI=1S/C16H17NO2S/c1-13-7-9-15(10-8-13)20-17-11-16(18)19-12-14-5-3-2-4-6-14/h2-10,17H,11-12H2,1H3. The zero-order valence-electron chi connectivity index (χ0n) is 11.3. The predicted molar refractivity (Wildman–Crippen MR) is 81.3 cm³/mol. The number of aryl methyl sites for hydroxylation is 1. The topological polar surface area (TPSA) is 38.3 Å². The highest BCUT2D eigenvalue weighted by atomic mass is 32.2. The maximum absolute atomic E-state index is 11.6. The number of benzene rings is 2. The highest BCUT2D eigenvalue weighted by Gasteiger charge is 2.03. The van der Waals surface area contributed by atoms with Crippen molar-refractivity contribution in [2.45, 2.75) is 18.4 Å². The molecule has 1 N–H and O–H groups in total. The fourth-order valence-corrected chi connectivity index (χ4v) is 2.20. The van der Waals surface area contributed by atoms with Gasteiger partial charge in [0.25, 0.3) is 0 Å². The van der Waals surface area contributed by atoms with Gasteiger partial charge in [0.15, 0.2) is 0 Å². The number of nitrogens with one attached hydrogen (secondary N) is 1. The van der Waals surface area contributed by atoms with Gasteiger partial charge >= 0.3 is 5.97 Å². The molecule has 0 fully saturated rings. The van der Waals surface area contributed by atoms with Crippen LogP contribution < -0.4 is 4.72 Å². The van der Waals surface area contributed by atoms with Gasteiger partial charge in [-0.3, -0.25) is 4.79 Å². The smallest absolute Gasteiger partial charge is 0.321 e. The van der Waals surface area contributed by atoms with Crippen LogP contribution in [0.3, 0.4) is 0 Å². The quantitative estimate of drug-likeness (QED) is 0.653. The van der Waals surface area contributed by atoms with Gasteiger partial charge in [0.1, 0.15) is 13.2 Å². The predicted octanol–water partition coefficient (Wildman–Crippen LogP) is 3.34. The van der Waals surface area contributed by atoms with Gasteiger partial charge in [-0.2, -0.15) is 0 Å². The Kier molecular flexibility index (Phi) is 5.65. The fraction of sp³-hybridized carbons (Fsp3) is 0.188. The van der Waals surface area contributed by atoms with Crippen LogP contribution >= 0.6 is 11.9 Å². The minimum Gasteiger partial charge on any atom is -0.460 e. The first kappa shape index (κ1) is 14.6. The summed E-state index contributed by atoms with van der Waals surface area (Å²) in [4.78, 5) is 12.6. The van der Waals surface area contributed by atoms with Crippen molar-refractivity contribution in [2.75, 3.05) is 6.54 Å². The highest BCUT2D eigenvalue weighted by molar-refractivity contribution is 7.97. The molecule has 0 spiro atoms. The number of carbonyl (C=O) groups is 1. The Morgan fingerprint density at radius 1 is 1.10 bits per heavy atom. The molecule has 0 amide bonds. The Hall–Kier alpha value is -1.78. The molecule has 0 radical (unpaired) electrons. The van der Waals surface area contributed by atoms with Crippen molar-refractivity contribution >= 4 is 17.9 Å². The van der Waals surface area contributed by atoms with E-state index in [9.17, 15) is 4.79 Å². The van der Waals surface area contributed by atoms with Crippen molar-refractivity contribution < 1.29 is 9.53 Å². The molecular weight excluding hydrogens is 270 g/mol. The van der Waals surface area contributed by atoms with Gasteiger partial charge in [0.2, 0.25) is 0 Å². The third-order valence-electron chi connectivity index (χ3n) is 2.67. The lowest BCUT2D eigenvalue weighted by Crippen LogP contribution is -2.19. The van der Waals surface area contributed by atoms with Crippen LogP contribution in [0.2, 0.25) is 0 Å². The molecule has 0 aromatic heterocycles. The van der Waals surface area contributed by atoms with Gasteiger partial charge < -0.3 is 4.74 Å². The average Bonchev–Trinajstić information content (AvgIpc) is 2.48. The molecule has 0 heterocycles. The Bertz CT molecular complexity index is 540. The number of rotatable bonds is 6. The number of carbonyl (C=O) groups excluding carboxylic acids is 1. The van der Waals surface area contributed by atoms with Crippen LogP contribution in [0.15, 0.2) is 59.5 Å². The van der Waals surface area contributed by atoms with Crippen LogP contribution in [0.5, 0.6) is 0 Å². The molecular formula is C16H17NO2S. The first-order chi connectivity index (χ1) is 9.74. The second kappa shape index (κ2) is 7.72. The van der Waals surface area contributed by atoms with Crippen molar-refractivity contribution in [1.82, 2.24) is 4.72 Å². The monoisotopic (exact) mass is 287 g/mol. The molecule has 2 aromatic rings. The first-order valence-corrected chi connectivity index (χ1v) is 7.21. The van der Waals surface area contributed by atoms with Crippen molar-refractivity contribution in [1.29, 1.82) is 0 Å². The van der Waals surface area contributed by atoms with Crippen molar-refractivity contribution in [3.05, 3.63) is 65.7 Å². The van der Waals surface area contributed by atoms with Gasteiger partial charge in [0, 0.05) is 4.90 Å². The van der Waals surface area contributed by atoms with E-state index < -0.39 is 0 Å². The zero-order chi connectivity index (χ0) is 14.2. The van der Waals surface area contributed by atoms with Crippen molar-refractivity contribution in [3.63, 3.8) is 0 Å². The van der Waals surface area contributed by atoms with Gasteiger partial charge in [-0.05, 0) is 36.6 Å². The number of hydrogen-bond donors (Lipinski definition) is 1. The summed E-state index contributed by atoms with van der Waals surface area (Å²) in [5.41, 5.74) is 2.21. The van der Waals surface area contributed by atoms with Crippen molar-refractivity contribution in [2.24, 2.45) is 0 Å².